The standard InChI is InChI=1S/C21H24N6O2/c1-15-14-16(2)27(24-15)20-9-8-19(22-23-20)25-10-12-26(13-11-25)21(28)17-4-6-18(29-3)7-5-17/h4-9,14H,10-13H2,1-3H3. The summed E-state index contributed by atoms with van der Waals surface area (Å²) in [6.45, 7) is 6.68. The lowest BCUT2D eigenvalue weighted by Crippen LogP contribution is -2.49. The quantitative estimate of drug-likeness (QED) is 0.678. The second kappa shape index (κ2) is 7.90. The molecule has 1 aliphatic heterocycles. The highest BCUT2D eigenvalue weighted by Crippen LogP contribution is 2.18. The Kier molecular flexibility index (Phi) is 5.16. The van der Waals surface area contributed by atoms with Crippen LogP contribution in [0.2, 0.25) is 0 Å². The van der Waals surface area contributed by atoms with Crippen LogP contribution in [0.3, 0.4) is 0 Å². The summed E-state index contributed by atoms with van der Waals surface area (Å²) in [4.78, 5) is 16.7. The van der Waals surface area contributed by atoms with Gasteiger partial charge >= 0.3 is 0 Å². The largest absolute Gasteiger partial charge is 0.497 e. The van der Waals surface area contributed by atoms with Gasteiger partial charge in [-0.05, 0) is 56.3 Å². The van der Waals surface area contributed by atoms with Gasteiger partial charge < -0.3 is 14.5 Å². The summed E-state index contributed by atoms with van der Waals surface area (Å²) in [7, 11) is 1.61. The number of aryl methyl sites for hydroxylation is 2. The van der Waals surface area contributed by atoms with Crippen LogP contribution in [0.15, 0.2) is 42.5 Å². The minimum absolute atomic E-state index is 0.0401. The molecule has 0 unspecified atom stereocenters. The molecule has 0 saturated carbocycles. The zero-order valence-corrected chi connectivity index (χ0v) is 16.9. The maximum Gasteiger partial charge on any atom is 0.253 e. The van der Waals surface area contributed by atoms with Crippen molar-refractivity contribution in [3.05, 3.63) is 59.4 Å². The summed E-state index contributed by atoms with van der Waals surface area (Å²) in [6, 6.07) is 13.1. The van der Waals surface area contributed by atoms with E-state index in [2.05, 4.69) is 20.2 Å². The van der Waals surface area contributed by atoms with E-state index in [1.807, 2.05) is 49.1 Å². The Morgan fingerprint density at radius 2 is 1.59 bits per heavy atom. The number of carbonyl (C=O) groups is 1. The van der Waals surface area contributed by atoms with Crippen molar-refractivity contribution in [2.75, 3.05) is 38.2 Å². The third-order valence-corrected chi connectivity index (χ3v) is 5.09. The fourth-order valence-corrected chi connectivity index (χ4v) is 3.52. The van der Waals surface area contributed by atoms with Crippen LogP contribution in [0.5, 0.6) is 5.75 Å². The number of aromatic nitrogens is 4. The maximum atomic E-state index is 12.7. The molecule has 0 atom stereocenters. The van der Waals surface area contributed by atoms with Crippen LogP contribution in [-0.4, -0.2) is 64.1 Å². The first-order chi connectivity index (χ1) is 14.0. The minimum atomic E-state index is 0.0401. The molecule has 1 aromatic carbocycles. The molecule has 1 amide bonds. The zero-order chi connectivity index (χ0) is 20.4. The van der Waals surface area contributed by atoms with Crippen LogP contribution in [0.1, 0.15) is 21.7 Å². The summed E-state index contributed by atoms with van der Waals surface area (Å²) in [5.41, 5.74) is 2.65. The van der Waals surface area contributed by atoms with Gasteiger partial charge in [-0.25, -0.2) is 4.68 Å². The van der Waals surface area contributed by atoms with Gasteiger partial charge in [0.05, 0.1) is 12.8 Å². The molecule has 0 radical (unpaired) electrons. The number of nitrogens with zero attached hydrogens (tertiary/aromatic N) is 6. The van der Waals surface area contributed by atoms with Gasteiger partial charge in [-0.15, -0.1) is 10.2 Å². The Morgan fingerprint density at radius 1 is 0.931 bits per heavy atom. The maximum absolute atomic E-state index is 12.7. The van der Waals surface area contributed by atoms with Crippen molar-refractivity contribution in [3.8, 4) is 11.6 Å². The Morgan fingerprint density at radius 3 is 2.14 bits per heavy atom. The van der Waals surface area contributed by atoms with Crippen molar-refractivity contribution in [3.63, 3.8) is 0 Å². The summed E-state index contributed by atoms with van der Waals surface area (Å²) >= 11 is 0. The van der Waals surface area contributed by atoms with Gasteiger partial charge in [0.15, 0.2) is 11.6 Å². The number of carbonyl (C=O) groups excluding carboxylic acids is 1. The first kappa shape index (κ1) is 18.9. The van der Waals surface area contributed by atoms with Crippen molar-refractivity contribution >= 4 is 11.7 Å². The van der Waals surface area contributed by atoms with Crippen LogP contribution in [0.4, 0.5) is 5.82 Å². The van der Waals surface area contributed by atoms with Crippen molar-refractivity contribution in [1.82, 2.24) is 24.9 Å². The molecule has 1 saturated heterocycles. The molecular formula is C21H24N6O2. The average molecular weight is 392 g/mol. The number of anilines is 1. The molecule has 0 aliphatic carbocycles. The van der Waals surface area contributed by atoms with E-state index >= 15 is 0 Å². The molecule has 150 valence electrons. The first-order valence-electron chi connectivity index (χ1n) is 9.61. The summed E-state index contributed by atoms with van der Waals surface area (Å²) < 4.78 is 6.94. The number of piperazine rings is 1. The molecule has 1 fully saturated rings. The second-order valence-corrected chi connectivity index (χ2v) is 7.10. The number of methoxy groups -OCH3 is 1. The predicted molar refractivity (Wildman–Crippen MR) is 110 cm³/mol. The molecular weight excluding hydrogens is 368 g/mol. The van der Waals surface area contributed by atoms with Crippen molar-refractivity contribution in [2.24, 2.45) is 0 Å². The van der Waals surface area contributed by atoms with E-state index in [4.69, 9.17) is 4.74 Å². The van der Waals surface area contributed by atoms with Crippen molar-refractivity contribution < 1.29 is 9.53 Å². The van der Waals surface area contributed by atoms with Gasteiger partial charge in [0.1, 0.15) is 5.75 Å². The Labute approximate surface area is 169 Å². The molecule has 29 heavy (non-hydrogen) atoms. The van der Waals surface area contributed by atoms with Crippen LogP contribution in [-0.2, 0) is 0 Å². The van der Waals surface area contributed by atoms with Crippen LogP contribution < -0.4 is 9.64 Å². The number of hydrogen-bond donors (Lipinski definition) is 0. The van der Waals surface area contributed by atoms with Gasteiger partial charge in [0.2, 0.25) is 0 Å². The first-order valence-corrected chi connectivity index (χ1v) is 9.61. The zero-order valence-electron chi connectivity index (χ0n) is 16.9. The number of rotatable bonds is 4. The van der Waals surface area contributed by atoms with E-state index in [1.54, 1.807) is 23.9 Å². The smallest absolute Gasteiger partial charge is 0.253 e. The molecule has 8 heteroatoms. The number of amides is 1. The van der Waals surface area contributed by atoms with E-state index in [1.165, 1.54) is 0 Å². The van der Waals surface area contributed by atoms with Gasteiger partial charge in [0, 0.05) is 37.4 Å². The molecule has 2 aromatic heterocycles. The SMILES string of the molecule is COc1ccc(C(=O)N2CCN(c3ccc(-n4nc(C)cc4C)nn3)CC2)cc1. The summed E-state index contributed by atoms with van der Waals surface area (Å²) in [5, 5.41) is 13.1. The molecule has 3 aromatic rings. The topological polar surface area (TPSA) is 76.4 Å². The van der Waals surface area contributed by atoms with E-state index in [0.29, 0.717) is 24.5 Å². The van der Waals surface area contributed by atoms with E-state index in [-0.39, 0.29) is 5.91 Å². The van der Waals surface area contributed by atoms with E-state index < -0.39 is 0 Å². The van der Waals surface area contributed by atoms with Gasteiger partial charge in [-0.2, -0.15) is 5.10 Å². The fraction of sp³-hybridized carbons (Fsp3) is 0.333. The lowest BCUT2D eigenvalue weighted by Gasteiger charge is -2.35. The minimum Gasteiger partial charge on any atom is -0.497 e. The lowest BCUT2D eigenvalue weighted by atomic mass is 10.1. The molecule has 0 spiro atoms. The van der Waals surface area contributed by atoms with Crippen molar-refractivity contribution in [2.45, 2.75) is 13.8 Å². The lowest BCUT2D eigenvalue weighted by molar-refractivity contribution is 0.0746. The third-order valence-electron chi connectivity index (χ3n) is 5.09. The molecule has 0 bridgehead atoms. The highest BCUT2D eigenvalue weighted by molar-refractivity contribution is 5.94. The molecule has 4 rings (SSSR count). The Balaban J connectivity index is 1.39. The van der Waals surface area contributed by atoms with Crippen molar-refractivity contribution in [1.29, 1.82) is 0 Å². The number of hydrogen-bond acceptors (Lipinski definition) is 6. The van der Waals surface area contributed by atoms with E-state index in [0.717, 1.165) is 36.0 Å². The summed E-state index contributed by atoms with van der Waals surface area (Å²) in [5.74, 6) is 2.30. The van der Waals surface area contributed by atoms with Crippen LogP contribution >= 0.6 is 0 Å². The molecule has 3 heterocycles. The highest BCUT2D eigenvalue weighted by Gasteiger charge is 2.23. The van der Waals surface area contributed by atoms with Crippen LogP contribution in [0.25, 0.3) is 5.82 Å². The number of ether oxygens (including phenoxy) is 1. The average Bonchev–Trinajstić information content (AvgIpc) is 3.11. The van der Waals surface area contributed by atoms with E-state index in [9.17, 15) is 4.79 Å². The normalized spacial score (nSPS) is 14.2. The molecule has 0 N–H and O–H groups in total. The third kappa shape index (κ3) is 3.91. The van der Waals surface area contributed by atoms with Crippen LogP contribution in [0, 0.1) is 13.8 Å². The molecule has 8 nitrogen and oxygen atoms in total. The van der Waals surface area contributed by atoms with Gasteiger partial charge in [-0.3, -0.25) is 4.79 Å². The fourth-order valence-electron chi connectivity index (χ4n) is 3.52. The number of benzene rings is 1. The highest BCUT2D eigenvalue weighted by atomic mass is 16.5. The van der Waals surface area contributed by atoms with Gasteiger partial charge in [0.25, 0.3) is 5.91 Å². The van der Waals surface area contributed by atoms with Gasteiger partial charge in [-0.1, -0.05) is 0 Å². The molecule has 1 aliphatic rings. The Hall–Kier alpha value is -3.42. The summed E-state index contributed by atoms with van der Waals surface area (Å²) in [6.07, 6.45) is 0. The Bertz CT molecular complexity index is 989. The predicted octanol–water partition coefficient (Wildman–Crippen LogP) is 2.25. The monoisotopic (exact) mass is 392 g/mol. The second-order valence-electron chi connectivity index (χ2n) is 7.10.